The Morgan fingerprint density at radius 1 is 1.30 bits per heavy atom. The number of nitrogens with zero attached hydrogens (tertiary/aromatic N) is 2. The predicted molar refractivity (Wildman–Crippen MR) is 82.0 cm³/mol. The molecule has 1 aliphatic rings. The second kappa shape index (κ2) is 5.04. The number of fused-ring (bicyclic) bond motifs is 1. The summed E-state index contributed by atoms with van der Waals surface area (Å²) in [6.07, 6.45) is 0.0621. The Bertz CT molecular complexity index is 611. The van der Waals surface area contributed by atoms with E-state index in [9.17, 15) is 0 Å². The number of morpholine rings is 1. The van der Waals surface area contributed by atoms with E-state index in [-0.39, 0.29) is 11.7 Å². The SMILES string of the molecule is CC1(C)CN(c2ccc3ccccc3n2)CC(CN)O1. The van der Waals surface area contributed by atoms with Crippen molar-refractivity contribution in [2.24, 2.45) is 5.73 Å². The average Bonchev–Trinajstić information content (AvgIpc) is 2.45. The van der Waals surface area contributed by atoms with Crippen LogP contribution >= 0.6 is 0 Å². The molecule has 1 aliphatic heterocycles. The van der Waals surface area contributed by atoms with Crippen molar-refractivity contribution in [2.45, 2.75) is 25.6 Å². The molecule has 20 heavy (non-hydrogen) atoms. The lowest BCUT2D eigenvalue weighted by atomic mass is 10.0. The predicted octanol–water partition coefficient (Wildman–Crippen LogP) is 2.18. The monoisotopic (exact) mass is 271 g/mol. The molecular weight excluding hydrogens is 250 g/mol. The minimum absolute atomic E-state index is 0.0621. The van der Waals surface area contributed by atoms with E-state index < -0.39 is 0 Å². The van der Waals surface area contributed by atoms with Gasteiger partial charge in [0, 0.05) is 25.0 Å². The second-order valence-corrected chi connectivity index (χ2v) is 5.98. The second-order valence-electron chi connectivity index (χ2n) is 5.98. The van der Waals surface area contributed by atoms with Crippen molar-refractivity contribution in [3.8, 4) is 0 Å². The normalized spacial score (nSPS) is 22.1. The lowest BCUT2D eigenvalue weighted by Crippen LogP contribution is -2.55. The number of para-hydroxylation sites is 1. The molecular formula is C16H21N3O. The first-order chi connectivity index (χ1) is 9.57. The molecule has 1 aromatic carbocycles. The van der Waals surface area contributed by atoms with Crippen LogP contribution in [0.5, 0.6) is 0 Å². The maximum atomic E-state index is 5.97. The first-order valence-corrected chi connectivity index (χ1v) is 7.06. The molecule has 106 valence electrons. The highest BCUT2D eigenvalue weighted by Crippen LogP contribution is 2.26. The van der Waals surface area contributed by atoms with Gasteiger partial charge in [0.25, 0.3) is 0 Å². The maximum absolute atomic E-state index is 5.97. The largest absolute Gasteiger partial charge is 0.367 e. The third-order valence-corrected chi connectivity index (χ3v) is 3.65. The average molecular weight is 271 g/mol. The van der Waals surface area contributed by atoms with Gasteiger partial charge < -0.3 is 15.4 Å². The molecule has 1 saturated heterocycles. The van der Waals surface area contributed by atoms with Crippen molar-refractivity contribution in [3.05, 3.63) is 36.4 Å². The van der Waals surface area contributed by atoms with Gasteiger partial charge in [0.1, 0.15) is 5.82 Å². The van der Waals surface area contributed by atoms with Crippen LogP contribution in [0.15, 0.2) is 36.4 Å². The van der Waals surface area contributed by atoms with E-state index in [1.807, 2.05) is 18.2 Å². The van der Waals surface area contributed by atoms with Crippen LogP contribution in [-0.2, 0) is 4.74 Å². The Labute approximate surface area is 119 Å². The first kappa shape index (κ1) is 13.3. The Kier molecular flexibility index (Phi) is 3.36. The number of anilines is 1. The van der Waals surface area contributed by atoms with Crippen molar-refractivity contribution in [1.29, 1.82) is 0 Å². The fourth-order valence-electron chi connectivity index (χ4n) is 2.82. The van der Waals surface area contributed by atoms with Gasteiger partial charge in [-0.3, -0.25) is 0 Å². The summed E-state index contributed by atoms with van der Waals surface area (Å²) in [4.78, 5) is 7.03. The van der Waals surface area contributed by atoms with Gasteiger partial charge in [-0.1, -0.05) is 18.2 Å². The van der Waals surface area contributed by atoms with Gasteiger partial charge in [0.2, 0.25) is 0 Å². The van der Waals surface area contributed by atoms with Gasteiger partial charge >= 0.3 is 0 Å². The van der Waals surface area contributed by atoms with E-state index >= 15 is 0 Å². The third kappa shape index (κ3) is 2.62. The van der Waals surface area contributed by atoms with Gasteiger partial charge in [0.15, 0.2) is 0 Å². The van der Waals surface area contributed by atoms with Crippen LogP contribution in [0.3, 0.4) is 0 Å². The molecule has 0 aliphatic carbocycles. The van der Waals surface area contributed by atoms with Gasteiger partial charge in [-0.05, 0) is 32.0 Å². The molecule has 0 spiro atoms. The van der Waals surface area contributed by atoms with E-state index in [0.717, 1.165) is 24.4 Å². The highest BCUT2D eigenvalue weighted by molar-refractivity contribution is 5.80. The molecule has 4 heteroatoms. The van der Waals surface area contributed by atoms with Crippen LogP contribution in [-0.4, -0.2) is 36.3 Å². The number of benzene rings is 1. The third-order valence-electron chi connectivity index (χ3n) is 3.65. The fourth-order valence-corrected chi connectivity index (χ4v) is 2.82. The Morgan fingerprint density at radius 2 is 2.10 bits per heavy atom. The summed E-state index contributed by atoms with van der Waals surface area (Å²) in [7, 11) is 0. The number of rotatable bonds is 2. The molecule has 1 unspecified atom stereocenters. The van der Waals surface area contributed by atoms with E-state index in [0.29, 0.717) is 6.54 Å². The zero-order chi connectivity index (χ0) is 14.2. The quantitative estimate of drug-likeness (QED) is 0.909. The number of hydrogen-bond acceptors (Lipinski definition) is 4. The van der Waals surface area contributed by atoms with Crippen molar-refractivity contribution < 1.29 is 4.74 Å². The highest BCUT2D eigenvalue weighted by Gasteiger charge is 2.33. The number of hydrogen-bond donors (Lipinski definition) is 1. The van der Waals surface area contributed by atoms with Crippen molar-refractivity contribution in [3.63, 3.8) is 0 Å². The van der Waals surface area contributed by atoms with Crippen molar-refractivity contribution >= 4 is 16.7 Å². The summed E-state index contributed by atoms with van der Waals surface area (Å²) < 4.78 is 5.97. The zero-order valence-electron chi connectivity index (χ0n) is 12.0. The Morgan fingerprint density at radius 3 is 2.90 bits per heavy atom. The maximum Gasteiger partial charge on any atom is 0.129 e. The van der Waals surface area contributed by atoms with E-state index in [1.54, 1.807) is 0 Å². The van der Waals surface area contributed by atoms with Crippen LogP contribution in [0.2, 0.25) is 0 Å². The summed E-state index contributed by atoms with van der Waals surface area (Å²) >= 11 is 0. The fraction of sp³-hybridized carbons (Fsp3) is 0.438. The lowest BCUT2D eigenvalue weighted by Gasteiger charge is -2.43. The van der Waals surface area contributed by atoms with Gasteiger partial charge in [-0.2, -0.15) is 0 Å². The molecule has 2 heterocycles. The van der Waals surface area contributed by atoms with Crippen LogP contribution in [0.1, 0.15) is 13.8 Å². The summed E-state index contributed by atoms with van der Waals surface area (Å²) in [5.74, 6) is 0.999. The van der Waals surface area contributed by atoms with Gasteiger partial charge in [-0.25, -0.2) is 4.98 Å². The number of ether oxygens (including phenoxy) is 1. The Balaban J connectivity index is 1.93. The molecule has 0 radical (unpaired) electrons. The molecule has 2 aromatic rings. The van der Waals surface area contributed by atoms with Crippen LogP contribution in [0.4, 0.5) is 5.82 Å². The molecule has 1 atom stereocenters. The topological polar surface area (TPSA) is 51.4 Å². The molecule has 1 fully saturated rings. The van der Waals surface area contributed by atoms with Gasteiger partial charge in [0.05, 0.1) is 17.2 Å². The number of aromatic nitrogens is 1. The molecule has 0 bridgehead atoms. The Hall–Kier alpha value is -1.65. The number of nitrogens with two attached hydrogens (primary N) is 1. The molecule has 4 nitrogen and oxygen atoms in total. The molecule has 1 aromatic heterocycles. The summed E-state index contributed by atoms with van der Waals surface area (Å²) in [5, 5.41) is 1.17. The van der Waals surface area contributed by atoms with E-state index in [2.05, 4.69) is 36.9 Å². The van der Waals surface area contributed by atoms with E-state index in [1.165, 1.54) is 5.39 Å². The van der Waals surface area contributed by atoms with E-state index in [4.69, 9.17) is 15.5 Å². The minimum Gasteiger partial charge on any atom is -0.367 e. The highest BCUT2D eigenvalue weighted by atomic mass is 16.5. The zero-order valence-corrected chi connectivity index (χ0v) is 12.0. The van der Waals surface area contributed by atoms with Crippen LogP contribution in [0, 0.1) is 0 Å². The van der Waals surface area contributed by atoms with Crippen molar-refractivity contribution in [2.75, 3.05) is 24.5 Å². The summed E-state index contributed by atoms with van der Waals surface area (Å²) in [6.45, 7) is 6.36. The summed E-state index contributed by atoms with van der Waals surface area (Å²) in [5.41, 5.74) is 6.61. The molecule has 0 saturated carbocycles. The molecule has 3 rings (SSSR count). The summed E-state index contributed by atoms with van der Waals surface area (Å²) in [6, 6.07) is 12.4. The van der Waals surface area contributed by atoms with Crippen molar-refractivity contribution in [1.82, 2.24) is 4.98 Å². The number of pyridine rings is 1. The lowest BCUT2D eigenvalue weighted by molar-refractivity contribution is -0.0790. The van der Waals surface area contributed by atoms with Crippen LogP contribution in [0.25, 0.3) is 10.9 Å². The molecule has 2 N–H and O–H groups in total. The van der Waals surface area contributed by atoms with Gasteiger partial charge in [-0.15, -0.1) is 0 Å². The minimum atomic E-state index is -0.199. The first-order valence-electron chi connectivity index (χ1n) is 7.06. The molecule has 0 amide bonds. The smallest absolute Gasteiger partial charge is 0.129 e. The standard InChI is InChI=1S/C16H21N3O/c1-16(2)11-19(10-13(9-17)20-16)15-8-7-12-5-3-4-6-14(12)18-15/h3-8,13H,9-11,17H2,1-2H3. The van der Waals surface area contributed by atoms with Crippen LogP contribution < -0.4 is 10.6 Å².